The van der Waals surface area contributed by atoms with E-state index in [0.717, 1.165) is 0 Å². The van der Waals surface area contributed by atoms with E-state index in [4.69, 9.17) is 5.26 Å². The molecule has 6 heteroatoms. The number of nitriles is 1. The summed E-state index contributed by atoms with van der Waals surface area (Å²) in [5.74, 6) is 1.39. The lowest BCUT2D eigenvalue weighted by atomic mass is 9.45. The average Bonchev–Trinajstić information content (AvgIpc) is 2.38. The van der Waals surface area contributed by atoms with Gasteiger partial charge in [0.1, 0.15) is 5.82 Å². The third-order valence-electron chi connectivity index (χ3n) is 3.13. The molecule has 1 aliphatic heterocycles. The zero-order valence-corrected chi connectivity index (χ0v) is 11.3. The summed E-state index contributed by atoms with van der Waals surface area (Å²) in [5, 5.41) is 8.79. The van der Waals surface area contributed by atoms with Crippen LogP contribution in [0.3, 0.4) is 0 Å². The van der Waals surface area contributed by atoms with E-state index < -0.39 is 5.82 Å². The second-order valence-corrected chi connectivity index (χ2v) is 5.24. The molecule has 0 spiro atoms. The van der Waals surface area contributed by atoms with Gasteiger partial charge in [-0.25, -0.2) is 9.65 Å². The quantitative estimate of drug-likeness (QED) is 0.749. The Bertz CT molecular complexity index is 509. The van der Waals surface area contributed by atoms with Gasteiger partial charge in [-0.2, -0.15) is 0 Å². The molecule has 1 fully saturated rings. The van der Waals surface area contributed by atoms with E-state index in [0.29, 0.717) is 30.2 Å². The Morgan fingerprint density at radius 2 is 2.11 bits per heavy atom. The molecule has 0 aliphatic carbocycles. The van der Waals surface area contributed by atoms with Gasteiger partial charge < -0.3 is 4.90 Å². The molecule has 0 atom stereocenters. The van der Waals surface area contributed by atoms with Crippen LogP contribution in [0.4, 0.5) is 4.39 Å². The van der Waals surface area contributed by atoms with Crippen molar-refractivity contribution in [2.24, 2.45) is 0 Å². The van der Waals surface area contributed by atoms with Crippen molar-refractivity contribution >= 4 is 28.5 Å². The summed E-state index contributed by atoms with van der Waals surface area (Å²) in [6.45, 7) is 1.06. The molecule has 0 aromatic heterocycles. The van der Waals surface area contributed by atoms with Crippen molar-refractivity contribution in [2.75, 3.05) is 13.1 Å². The Hall–Kier alpha value is -1.35. The van der Waals surface area contributed by atoms with Crippen molar-refractivity contribution in [2.45, 2.75) is 12.6 Å². The molecule has 0 N–H and O–H groups in total. The minimum absolute atomic E-state index is 0.0174. The summed E-state index contributed by atoms with van der Waals surface area (Å²) in [6, 6.07) is 4.42. The monoisotopic (exact) mass is 308 g/mol. The molecule has 3 nitrogen and oxygen atoms in total. The van der Waals surface area contributed by atoms with E-state index in [1.165, 1.54) is 12.1 Å². The summed E-state index contributed by atoms with van der Waals surface area (Å²) in [4.78, 5) is 13.7. The number of amides is 1. The predicted octanol–water partition coefficient (Wildman–Crippen LogP) is 2.60. The van der Waals surface area contributed by atoms with Crippen molar-refractivity contribution in [1.82, 2.24) is 4.90 Å². The smallest absolute Gasteiger partial charge is 0.271 e. The van der Waals surface area contributed by atoms with Gasteiger partial charge in [0.05, 0.1) is 5.56 Å². The summed E-state index contributed by atoms with van der Waals surface area (Å²) >= 11 is 3.16. The third-order valence-corrected chi connectivity index (χ3v) is 3.62. The van der Waals surface area contributed by atoms with Crippen molar-refractivity contribution in [3.8, 4) is 5.97 Å². The Morgan fingerprint density at radius 3 is 2.67 bits per heavy atom. The molecule has 1 aromatic rings. The average molecular weight is 309 g/mol. The first-order valence-corrected chi connectivity index (χ1v) is 6.55. The summed E-state index contributed by atoms with van der Waals surface area (Å²) < 4.78 is 14.3. The fourth-order valence-electron chi connectivity index (χ4n) is 2.04. The highest BCUT2D eigenvalue weighted by Gasteiger charge is 2.27. The number of carbonyl (C=O) groups is 1. The Labute approximate surface area is 114 Å². The van der Waals surface area contributed by atoms with Crippen LogP contribution in [0.1, 0.15) is 10.4 Å². The molecule has 1 amide bonds. The molecule has 1 aliphatic rings. The summed E-state index contributed by atoms with van der Waals surface area (Å²) in [7, 11) is 0. The Morgan fingerprint density at radius 1 is 1.44 bits per heavy atom. The van der Waals surface area contributed by atoms with Crippen molar-refractivity contribution in [3.05, 3.63) is 34.1 Å². The van der Waals surface area contributed by atoms with Crippen LogP contribution in [-0.2, 0) is 0 Å². The number of carbonyl (C=O) groups excluding carboxylic acids is 1. The van der Waals surface area contributed by atoms with Gasteiger partial charge in [-0.05, 0) is 30.8 Å². The lowest BCUT2D eigenvalue weighted by molar-refractivity contribution is 0.0762. The highest BCUT2D eigenvalue weighted by Crippen LogP contribution is 2.19. The summed E-state index contributed by atoms with van der Waals surface area (Å²) in [6.07, 6.45) is 1.33. The van der Waals surface area contributed by atoms with Crippen LogP contribution in [0.5, 0.6) is 0 Å². The van der Waals surface area contributed by atoms with Gasteiger partial charge in [-0.3, -0.25) is 4.79 Å². The maximum absolute atomic E-state index is 13.7. The highest BCUT2D eigenvalue weighted by atomic mass is 79.9. The topological polar surface area (TPSA) is 44.1 Å². The first kappa shape index (κ1) is 13.1. The number of benzene rings is 1. The lowest BCUT2D eigenvalue weighted by Gasteiger charge is -2.28. The molecule has 92 valence electrons. The van der Waals surface area contributed by atoms with E-state index in [1.807, 2.05) is 0 Å². The molecule has 2 rings (SSSR count). The molecular weight excluding hydrogens is 298 g/mol. The number of hydrogen-bond donors (Lipinski definition) is 0. The molecule has 0 bridgehead atoms. The van der Waals surface area contributed by atoms with Gasteiger partial charge in [0.25, 0.3) is 12.6 Å². The van der Waals surface area contributed by atoms with Crippen LogP contribution in [0.2, 0.25) is 12.6 Å². The largest absolute Gasteiger partial charge is 0.340 e. The number of rotatable bonds is 1. The molecule has 18 heavy (non-hydrogen) atoms. The minimum atomic E-state index is -0.517. The minimum Gasteiger partial charge on any atom is -0.340 e. The van der Waals surface area contributed by atoms with Gasteiger partial charge in [0.2, 0.25) is 0 Å². The second kappa shape index (κ2) is 5.53. The normalized spacial score (nSPS) is 15.4. The molecule has 1 saturated heterocycles. The maximum atomic E-state index is 13.7. The highest BCUT2D eigenvalue weighted by molar-refractivity contribution is 9.10. The Kier molecular flexibility index (Phi) is 4.02. The standard InChI is InChI=1S/C12H11BBrFN2O/c14-9-1-2-10(11(15)7-9)12(18)17-5-3-13(8-16)4-6-17/h1-2,7H,3-6H2. The molecule has 1 aromatic carbocycles. The van der Waals surface area contributed by atoms with E-state index in [2.05, 4.69) is 21.9 Å². The van der Waals surface area contributed by atoms with Gasteiger partial charge >= 0.3 is 0 Å². The van der Waals surface area contributed by atoms with Gasteiger partial charge in [0, 0.05) is 23.5 Å². The Balaban J connectivity index is 2.11. The fourth-order valence-corrected chi connectivity index (χ4v) is 2.38. The summed E-state index contributed by atoms with van der Waals surface area (Å²) in [5.41, 5.74) is 0.0913. The maximum Gasteiger partial charge on any atom is 0.271 e. The number of nitrogens with zero attached hydrogens (tertiary/aromatic N) is 2. The zero-order chi connectivity index (χ0) is 13.1. The molecule has 1 heterocycles. The number of hydrogen-bond acceptors (Lipinski definition) is 2. The molecular formula is C12H11BBrFN2O. The van der Waals surface area contributed by atoms with Crippen molar-refractivity contribution < 1.29 is 9.18 Å². The van der Waals surface area contributed by atoms with Gasteiger partial charge in [0.15, 0.2) is 0 Å². The SMILES string of the molecule is N#CB1CCN(C(=O)c2ccc(Br)cc2F)CC1. The van der Waals surface area contributed by atoms with E-state index in [9.17, 15) is 9.18 Å². The first-order valence-electron chi connectivity index (χ1n) is 5.75. The predicted molar refractivity (Wildman–Crippen MR) is 71.0 cm³/mol. The van der Waals surface area contributed by atoms with Crippen LogP contribution in [-0.4, -0.2) is 30.6 Å². The molecule has 0 radical (unpaired) electrons. The van der Waals surface area contributed by atoms with Crippen molar-refractivity contribution in [1.29, 1.82) is 5.26 Å². The molecule has 0 saturated carbocycles. The lowest BCUT2D eigenvalue weighted by Crippen LogP contribution is -2.40. The van der Waals surface area contributed by atoms with Crippen LogP contribution in [0, 0.1) is 17.0 Å². The van der Waals surface area contributed by atoms with Gasteiger partial charge in [-0.1, -0.05) is 15.9 Å². The molecule has 0 unspecified atom stereocenters. The second-order valence-electron chi connectivity index (χ2n) is 4.32. The van der Waals surface area contributed by atoms with E-state index in [1.54, 1.807) is 11.0 Å². The van der Waals surface area contributed by atoms with Crippen LogP contribution in [0.15, 0.2) is 22.7 Å². The van der Waals surface area contributed by atoms with E-state index >= 15 is 0 Å². The number of halogens is 2. The van der Waals surface area contributed by atoms with Crippen LogP contribution < -0.4 is 0 Å². The fraction of sp³-hybridized carbons (Fsp3) is 0.333. The first-order chi connectivity index (χ1) is 8.61. The van der Waals surface area contributed by atoms with Crippen LogP contribution in [0.25, 0.3) is 0 Å². The van der Waals surface area contributed by atoms with E-state index in [-0.39, 0.29) is 18.2 Å². The third kappa shape index (κ3) is 2.73. The zero-order valence-electron chi connectivity index (χ0n) is 9.70. The van der Waals surface area contributed by atoms with Crippen molar-refractivity contribution in [3.63, 3.8) is 0 Å². The van der Waals surface area contributed by atoms with Gasteiger partial charge in [-0.15, -0.1) is 0 Å². The van der Waals surface area contributed by atoms with Crippen LogP contribution >= 0.6 is 15.9 Å².